The van der Waals surface area contributed by atoms with Gasteiger partial charge in [0, 0.05) is 34.7 Å². The molecule has 0 N–H and O–H groups in total. The Morgan fingerprint density at radius 3 is 2.75 bits per heavy atom. The molecule has 0 bridgehead atoms. The normalized spacial score (nSPS) is 15.6. The molecule has 1 aliphatic rings. The van der Waals surface area contributed by atoms with E-state index >= 15 is 0 Å². The molecule has 5 rings (SSSR count). The second kappa shape index (κ2) is 7.79. The van der Waals surface area contributed by atoms with Crippen molar-refractivity contribution in [1.29, 1.82) is 0 Å². The number of anilines is 1. The molecule has 7 nitrogen and oxygen atoms in total. The maximum absolute atomic E-state index is 13.8. The van der Waals surface area contributed by atoms with Gasteiger partial charge in [-0.05, 0) is 40.2 Å². The van der Waals surface area contributed by atoms with Crippen LogP contribution in [-0.2, 0) is 0 Å². The summed E-state index contributed by atoms with van der Waals surface area (Å²) in [5.41, 5.74) is -0.103. The molecule has 0 amide bonds. The molecule has 1 aromatic carbocycles. The number of pyridine rings is 1. The first-order chi connectivity index (χ1) is 15.2. The quantitative estimate of drug-likeness (QED) is 0.347. The fourth-order valence-electron chi connectivity index (χ4n) is 3.51. The van der Waals surface area contributed by atoms with Crippen LogP contribution in [0.5, 0.6) is 0 Å². The minimum absolute atomic E-state index is 0.0723. The Kier molecular flexibility index (Phi) is 5.18. The van der Waals surface area contributed by atoms with Gasteiger partial charge in [-0.1, -0.05) is 23.2 Å². The summed E-state index contributed by atoms with van der Waals surface area (Å²) >= 11 is 15.7. The molecule has 0 radical (unpaired) electrons. The van der Waals surface area contributed by atoms with E-state index in [-0.39, 0.29) is 46.6 Å². The maximum Gasteiger partial charge on any atom is 0.347 e. The number of halogens is 5. The lowest BCUT2D eigenvalue weighted by atomic mass is 10.2. The van der Waals surface area contributed by atoms with Gasteiger partial charge in [0.15, 0.2) is 11.6 Å². The van der Waals surface area contributed by atoms with E-state index in [1.807, 2.05) is 0 Å². The van der Waals surface area contributed by atoms with Crippen molar-refractivity contribution in [2.45, 2.75) is 12.3 Å². The van der Waals surface area contributed by atoms with E-state index in [1.54, 1.807) is 18.2 Å². The van der Waals surface area contributed by atoms with Crippen molar-refractivity contribution < 1.29 is 13.2 Å². The van der Waals surface area contributed by atoms with Crippen LogP contribution in [0.4, 0.5) is 14.6 Å². The standard InChI is InChI=1S/C20H12BrCl2F2N5O2/c21-12-7-10(22)6-11-16(12)27-18(32-19(11)31)14-8-15(29-5-3-20(24,25)9-29)28-30(14)17-13(23)2-1-4-26-17/h1-2,4,6-8H,3,5,9H2. The number of hydrogen-bond acceptors (Lipinski definition) is 6. The highest BCUT2D eigenvalue weighted by Crippen LogP contribution is 2.34. The highest BCUT2D eigenvalue weighted by molar-refractivity contribution is 9.10. The van der Waals surface area contributed by atoms with Gasteiger partial charge in [-0.15, -0.1) is 5.10 Å². The smallest absolute Gasteiger partial charge is 0.347 e. The highest BCUT2D eigenvalue weighted by atomic mass is 79.9. The Bertz CT molecular complexity index is 1430. The number of nitrogens with zero attached hydrogens (tertiary/aromatic N) is 5. The molecule has 0 aliphatic carbocycles. The van der Waals surface area contributed by atoms with E-state index in [0.717, 1.165) is 0 Å². The molecule has 0 spiro atoms. The van der Waals surface area contributed by atoms with Crippen LogP contribution in [0.25, 0.3) is 28.3 Å². The van der Waals surface area contributed by atoms with Gasteiger partial charge in [0.2, 0.25) is 5.89 Å². The summed E-state index contributed by atoms with van der Waals surface area (Å²) in [6.45, 7) is -0.350. The molecule has 0 saturated carbocycles. The predicted molar refractivity (Wildman–Crippen MR) is 120 cm³/mol. The first kappa shape index (κ1) is 21.3. The molecule has 32 heavy (non-hydrogen) atoms. The molecule has 1 fully saturated rings. The topological polar surface area (TPSA) is 77.0 Å². The van der Waals surface area contributed by atoms with Crippen LogP contribution >= 0.6 is 39.1 Å². The summed E-state index contributed by atoms with van der Waals surface area (Å²) in [6, 6.07) is 7.83. The van der Waals surface area contributed by atoms with Crippen molar-refractivity contribution in [2.75, 3.05) is 18.0 Å². The summed E-state index contributed by atoms with van der Waals surface area (Å²) < 4.78 is 34.9. The summed E-state index contributed by atoms with van der Waals surface area (Å²) in [5, 5.41) is 5.24. The van der Waals surface area contributed by atoms with E-state index < -0.39 is 18.1 Å². The van der Waals surface area contributed by atoms with Gasteiger partial charge in [0.1, 0.15) is 5.69 Å². The van der Waals surface area contributed by atoms with Crippen LogP contribution in [0.2, 0.25) is 10.0 Å². The van der Waals surface area contributed by atoms with Gasteiger partial charge in [0.05, 0.1) is 22.5 Å². The number of benzene rings is 1. The number of hydrogen-bond donors (Lipinski definition) is 0. The molecule has 4 aromatic rings. The van der Waals surface area contributed by atoms with Crippen LogP contribution in [-0.4, -0.2) is 38.8 Å². The monoisotopic (exact) mass is 541 g/mol. The molecule has 1 saturated heterocycles. The average Bonchev–Trinajstić information content (AvgIpc) is 3.32. The van der Waals surface area contributed by atoms with Crippen molar-refractivity contribution in [3.63, 3.8) is 0 Å². The molecule has 3 aromatic heterocycles. The molecular formula is C20H12BrCl2F2N5O2. The average molecular weight is 543 g/mol. The van der Waals surface area contributed by atoms with Crippen LogP contribution in [0, 0.1) is 0 Å². The van der Waals surface area contributed by atoms with Crippen LogP contribution < -0.4 is 10.5 Å². The lowest BCUT2D eigenvalue weighted by Crippen LogP contribution is -2.25. The maximum atomic E-state index is 13.8. The van der Waals surface area contributed by atoms with Crippen molar-refractivity contribution in [1.82, 2.24) is 19.7 Å². The van der Waals surface area contributed by atoms with Gasteiger partial charge in [-0.2, -0.15) is 0 Å². The van der Waals surface area contributed by atoms with Crippen molar-refractivity contribution in [3.8, 4) is 17.4 Å². The minimum Gasteiger partial charge on any atom is -0.401 e. The molecule has 164 valence electrons. The zero-order chi connectivity index (χ0) is 22.6. The Hall–Kier alpha value is -2.56. The Morgan fingerprint density at radius 2 is 2.03 bits per heavy atom. The molecule has 0 unspecified atom stereocenters. The lowest BCUT2D eigenvalue weighted by Gasteiger charge is -2.14. The largest absolute Gasteiger partial charge is 0.401 e. The van der Waals surface area contributed by atoms with E-state index in [1.165, 1.54) is 27.9 Å². The molecular weight excluding hydrogens is 531 g/mol. The third-order valence-corrected chi connectivity index (χ3v) is 6.12. The zero-order valence-corrected chi connectivity index (χ0v) is 19.1. The van der Waals surface area contributed by atoms with Crippen molar-refractivity contribution in [2.24, 2.45) is 0 Å². The summed E-state index contributed by atoms with van der Waals surface area (Å²) in [6.07, 6.45) is 1.23. The van der Waals surface area contributed by atoms with Gasteiger partial charge >= 0.3 is 5.63 Å². The fraction of sp³-hybridized carbons (Fsp3) is 0.200. The van der Waals surface area contributed by atoms with Crippen molar-refractivity contribution in [3.05, 3.63) is 61.5 Å². The zero-order valence-electron chi connectivity index (χ0n) is 16.0. The summed E-state index contributed by atoms with van der Waals surface area (Å²) in [5.74, 6) is -2.39. The van der Waals surface area contributed by atoms with Gasteiger partial charge in [0.25, 0.3) is 5.92 Å². The second-order valence-corrected chi connectivity index (χ2v) is 8.92. The molecule has 0 atom stereocenters. The first-order valence-corrected chi connectivity index (χ1v) is 10.9. The molecule has 1 aliphatic heterocycles. The van der Waals surface area contributed by atoms with Gasteiger partial charge in [-0.25, -0.2) is 28.2 Å². The first-order valence-electron chi connectivity index (χ1n) is 9.36. The number of rotatable bonds is 3. The van der Waals surface area contributed by atoms with Crippen LogP contribution in [0.1, 0.15) is 6.42 Å². The molecule has 12 heteroatoms. The third-order valence-electron chi connectivity index (χ3n) is 5.00. The second-order valence-electron chi connectivity index (χ2n) is 7.23. The molecule has 4 heterocycles. The number of alkyl halides is 2. The van der Waals surface area contributed by atoms with E-state index in [0.29, 0.717) is 15.0 Å². The summed E-state index contributed by atoms with van der Waals surface area (Å²) in [7, 11) is 0. The van der Waals surface area contributed by atoms with E-state index in [9.17, 15) is 13.6 Å². The Morgan fingerprint density at radius 1 is 1.22 bits per heavy atom. The van der Waals surface area contributed by atoms with Gasteiger partial charge < -0.3 is 9.32 Å². The SMILES string of the molecule is O=c1oc(-c2cc(N3CCC(F)(F)C3)nn2-c2ncccc2Cl)nc2c(Br)cc(Cl)cc12. The van der Waals surface area contributed by atoms with E-state index in [4.69, 9.17) is 27.6 Å². The van der Waals surface area contributed by atoms with Crippen molar-refractivity contribution >= 4 is 55.9 Å². The number of fused-ring (bicyclic) bond motifs is 1. The minimum atomic E-state index is -2.81. The predicted octanol–water partition coefficient (Wildman–Crippen LogP) is 5.35. The van der Waals surface area contributed by atoms with Crippen LogP contribution in [0.15, 0.2) is 50.2 Å². The highest BCUT2D eigenvalue weighted by Gasteiger charge is 2.39. The fourth-order valence-corrected chi connectivity index (χ4v) is 4.61. The summed E-state index contributed by atoms with van der Waals surface area (Å²) in [4.78, 5) is 22.8. The Labute approximate surface area is 197 Å². The third kappa shape index (κ3) is 3.76. The van der Waals surface area contributed by atoms with E-state index in [2.05, 4.69) is 31.0 Å². The van der Waals surface area contributed by atoms with Gasteiger partial charge in [-0.3, -0.25) is 0 Å². The lowest BCUT2D eigenvalue weighted by molar-refractivity contribution is 0.0256. The van der Waals surface area contributed by atoms with Crippen LogP contribution in [0.3, 0.4) is 0 Å². The Balaban J connectivity index is 1.73. The number of aromatic nitrogens is 4.